The molecule has 4 rings (SSSR count). The summed E-state index contributed by atoms with van der Waals surface area (Å²) in [4.78, 5) is 24.4. The molecule has 0 aliphatic heterocycles. The number of benzene rings is 3. The molecule has 0 saturated heterocycles. The Hall–Kier alpha value is -3.40. The van der Waals surface area contributed by atoms with E-state index in [4.69, 9.17) is 4.74 Å². The molecule has 1 N–H and O–H groups in total. The van der Waals surface area contributed by atoms with Gasteiger partial charge in [-0.2, -0.15) is 0 Å². The highest BCUT2D eigenvalue weighted by Gasteiger charge is 2.25. The fraction of sp³-hybridized carbons (Fsp3) is 0.167. The van der Waals surface area contributed by atoms with Gasteiger partial charge in [-0.05, 0) is 39.9 Å². The molecule has 0 saturated carbocycles. The third-order valence-electron chi connectivity index (χ3n) is 5.14. The van der Waals surface area contributed by atoms with Gasteiger partial charge in [-0.15, -0.1) is 0 Å². The second-order valence-electron chi connectivity index (χ2n) is 6.94. The summed E-state index contributed by atoms with van der Waals surface area (Å²) >= 11 is 0. The van der Waals surface area contributed by atoms with Crippen LogP contribution in [0.15, 0.2) is 72.8 Å². The van der Waals surface area contributed by atoms with Crippen molar-refractivity contribution >= 4 is 11.9 Å². The van der Waals surface area contributed by atoms with Crippen LogP contribution in [-0.2, 0) is 16.1 Å². The van der Waals surface area contributed by atoms with Crippen molar-refractivity contribution in [3.05, 3.63) is 95.1 Å². The van der Waals surface area contributed by atoms with Gasteiger partial charge in [0.25, 0.3) is 5.91 Å². The molecule has 1 aliphatic carbocycles. The molecular formula is C24H21NO3. The van der Waals surface area contributed by atoms with Crippen molar-refractivity contribution in [1.82, 2.24) is 5.32 Å². The van der Waals surface area contributed by atoms with E-state index in [1.807, 2.05) is 60.7 Å². The topological polar surface area (TPSA) is 55.4 Å². The standard InChI is InChI=1S/C24H21NO3/c1-16-19-9-5-6-10-21(19)22-13-18(11-12-20(16)22)24(27)25-14-23(26)28-15-17-7-3-2-4-8-17/h2-13,16H,14-15H2,1H3,(H,25,27). The van der Waals surface area contributed by atoms with E-state index in [1.165, 1.54) is 16.7 Å². The Bertz CT molecular complexity index is 1030. The largest absolute Gasteiger partial charge is 0.460 e. The first-order valence-corrected chi connectivity index (χ1v) is 9.34. The number of fused-ring (bicyclic) bond motifs is 3. The van der Waals surface area contributed by atoms with Gasteiger partial charge < -0.3 is 10.1 Å². The SMILES string of the molecule is CC1c2ccccc2-c2cc(C(=O)NCC(=O)OCc3ccccc3)ccc21. The first-order valence-electron chi connectivity index (χ1n) is 9.34. The van der Waals surface area contributed by atoms with Gasteiger partial charge in [0, 0.05) is 11.5 Å². The molecule has 1 atom stereocenters. The third kappa shape index (κ3) is 3.54. The van der Waals surface area contributed by atoms with Crippen LogP contribution < -0.4 is 5.32 Å². The number of hydrogen-bond donors (Lipinski definition) is 1. The molecule has 0 fully saturated rings. The molecule has 4 heteroatoms. The smallest absolute Gasteiger partial charge is 0.325 e. The summed E-state index contributed by atoms with van der Waals surface area (Å²) in [6.07, 6.45) is 0. The summed E-state index contributed by atoms with van der Waals surface area (Å²) < 4.78 is 5.20. The molecular weight excluding hydrogens is 350 g/mol. The average molecular weight is 371 g/mol. The number of amides is 1. The Morgan fingerprint density at radius 3 is 2.43 bits per heavy atom. The van der Waals surface area contributed by atoms with Crippen LogP contribution in [0.4, 0.5) is 0 Å². The molecule has 3 aromatic carbocycles. The van der Waals surface area contributed by atoms with Crippen LogP contribution in [0.25, 0.3) is 11.1 Å². The highest BCUT2D eigenvalue weighted by Crippen LogP contribution is 2.44. The molecule has 0 heterocycles. The second kappa shape index (κ2) is 7.69. The monoisotopic (exact) mass is 371 g/mol. The molecule has 140 valence electrons. The maximum atomic E-state index is 12.5. The Labute approximate surface area is 164 Å². The molecule has 28 heavy (non-hydrogen) atoms. The van der Waals surface area contributed by atoms with E-state index in [-0.39, 0.29) is 19.1 Å². The lowest BCUT2D eigenvalue weighted by molar-refractivity contribution is -0.143. The molecule has 1 unspecified atom stereocenters. The van der Waals surface area contributed by atoms with E-state index in [1.54, 1.807) is 0 Å². The van der Waals surface area contributed by atoms with E-state index >= 15 is 0 Å². The molecule has 0 aromatic heterocycles. The highest BCUT2D eigenvalue weighted by atomic mass is 16.5. The second-order valence-corrected chi connectivity index (χ2v) is 6.94. The van der Waals surface area contributed by atoms with Crippen LogP contribution >= 0.6 is 0 Å². The van der Waals surface area contributed by atoms with Crippen molar-refractivity contribution in [2.24, 2.45) is 0 Å². The van der Waals surface area contributed by atoms with E-state index in [0.717, 1.165) is 11.1 Å². The number of ether oxygens (including phenoxy) is 1. The zero-order valence-corrected chi connectivity index (χ0v) is 15.6. The Balaban J connectivity index is 1.39. The van der Waals surface area contributed by atoms with Crippen LogP contribution in [0.5, 0.6) is 0 Å². The summed E-state index contributed by atoms with van der Waals surface area (Å²) in [5.74, 6) is -0.426. The lowest BCUT2D eigenvalue weighted by Crippen LogP contribution is -2.30. The highest BCUT2D eigenvalue weighted by molar-refractivity contribution is 5.98. The van der Waals surface area contributed by atoms with Crippen molar-refractivity contribution in [2.45, 2.75) is 19.4 Å². The zero-order valence-electron chi connectivity index (χ0n) is 15.6. The van der Waals surface area contributed by atoms with Crippen LogP contribution in [0, 0.1) is 0 Å². The minimum Gasteiger partial charge on any atom is -0.460 e. The average Bonchev–Trinajstić information content (AvgIpc) is 3.03. The van der Waals surface area contributed by atoms with Crippen molar-refractivity contribution in [3.8, 4) is 11.1 Å². The molecule has 1 aliphatic rings. The van der Waals surface area contributed by atoms with E-state index < -0.39 is 5.97 Å². The molecule has 4 nitrogen and oxygen atoms in total. The van der Waals surface area contributed by atoms with Gasteiger partial charge in [0.2, 0.25) is 0 Å². The fourth-order valence-corrected chi connectivity index (χ4v) is 3.64. The number of nitrogens with one attached hydrogen (secondary N) is 1. The lowest BCUT2D eigenvalue weighted by Gasteiger charge is -2.09. The first kappa shape index (κ1) is 18.0. The predicted octanol–water partition coefficient (Wildman–Crippen LogP) is 4.29. The van der Waals surface area contributed by atoms with Crippen molar-refractivity contribution < 1.29 is 14.3 Å². The first-order chi connectivity index (χ1) is 13.6. The Kier molecular flexibility index (Phi) is 4.94. The van der Waals surface area contributed by atoms with Gasteiger partial charge in [0.1, 0.15) is 13.2 Å². The molecule has 0 radical (unpaired) electrons. The van der Waals surface area contributed by atoms with Gasteiger partial charge in [0.15, 0.2) is 0 Å². The maximum absolute atomic E-state index is 12.5. The summed E-state index contributed by atoms with van der Waals surface area (Å²) in [5.41, 5.74) is 6.20. The summed E-state index contributed by atoms with van der Waals surface area (Å²) in [6, 6.07) is 23.4. The maximum Gasteiger partial charge on any atom is 0.325 e. The zero-order chi connectivity index (χ0) is 19.5. The van der Waals surface area contributed by atoms with Crippen LogP contribution in [0.1, 0.15) is 39.9 Å². The number of esters is 1. The Morgan fingerprint density at radius 2 is 1.61 bits per heavy atom. The summed E-state index contributed by atoms with van der Waals surface area (Å²) in [7, 11) is 0. The molecule has 0 spiro atoms. The van der Waals surface area contributed by atoms with Crippen LogP contribution in [0.2, 0.25) is 0 Å². The summed E-state index contributed by atoms with van der Waals surface area (Å²) in [5, 5.41) is 2.65. The molecule has 3 aromatic rings. The normalized spacial score (nSPS) is 14.1. The van der Waals surface area contributed by atoms with Gasteiger partial charge in [-0.25, -0.2) is 0 Å². The fourth-order valence-electron chi connectivity index (χ4n) is 3.64. The molecule has 0 bridgehead atoms. The van der Waals surface area contributed by atoms with Crippen LogP contribution in [0.3, 0.4) is 0 Å². The minimum atomic E-state index is -0.461. The van der Waals surface area contributed by atoms with Gasteiger partial charge in [0.05, 0.1) is 0 Å². The predicted molar refractivity (Wildman–Crippen MR) is 108 cm³/mol. The van der Waals surface area contributed by atoms with Crippen molar-refractivity contribution in [2.75, 3.05) is 6.54 Å². The minimum absolute atomic E-state index is 0.157. The van der Waals surface area contributed by atoms with E-state index in [2.05, 4.69) is 24.4 Å². The van der Waals surface area contributed by atoms with Gasteiger partial charge >= 0.3 is 5.97 Å². The lowest BCUT2D eigenvalue weighted by atomic mass is 9.98. The van der Waals surface area contributed by atoms with Crippen molar-refractivity contribution in [1.29, 1.82) is 0 Å². The Morgan fingerprint density at radius 1 is 0.893 bits per heavy atom. The number of hydrogen-bond acceptors (Lipinski definition) is 3. The quantitative estimate of drug-likeness (QED) is 0.681. The number of rotatable bonds is 5. The summed E-state index contributed by atoms with van der Waals surface area (Å²) in [6.45, 7) is 2.21. The molecule has 1 amide bonds. The van der Waals surface area contributed by atoms with Crippen molar-refractivity contribution in [3.63, 3.8) is 0 Å². The van der Waals surface area contributed by atoms with Crippen LogP contribution in [-0.4, -0.2) is 18.4 Å². The third-order valence-corrected chi connectivity index (χ3v) is 5.14. The van der Waals surface area contributed by atoms with Gasteiger partial charge in [-0.1, -0.05) is 67.6 Å². The van der Waals surface area contributed by atoms with E-state index in [0.29, 0.717) is 11.5 Å². The number of carbonyl (C=O) groups excluding carboxylic acids is 2. The van der Waals surface area contributed by atoms with Gasteiger partial charge in [-0.3, -0.25) is 9.59 Å². The number of carbonyl (C=O) groups is 2. The van der Waals surface area contributed by atoms with E-state index in [9.17, 15) is 9.59 Å².